The van der Waals surface area contributed by atoms with Gasteiger partial charge in [0.2, 0.25) is 0 Å². The van der Waals surface area contributed by atoms with E-state index in [9.17, 15) is 24.3 Å². The number of carbonyl (C=O) groups excluding carboxylic acids is 2. The number of nitrogens with zero attached hydrogens (tertiary/aromatic N) is 3. The summed E-state index contributed by atoms with van der Waals surface area (Å²) in [5.74, 6) is -2.65. The molecule has 1 radical (unpaired) electrons. The van der Waals surface area contributed by atoms with E-state index in [0.29, 0.717) is 34.8 Å². The average molecular weight is 500 g/mol. The lowest BCUT2D eigenvalue weighted by atomic mass is 9.98. The van der Waals surface area contributed by atoms with Crippen molar-refractivity contribution in [3.63, 3.8) is 0 Å². The largest absolute Gasteiger partial charge is 0.481 e. The van der Waals surface area contributed by atoms with Gasteiger partial charge < -0.3 is 20.4 Å². The zero-order valence-electron chi connectivity index (χ0n) is 19.9. The summed E-state index contributed by atoms with van der Waals surface area (Å²) in [5, 5.41) is 27.5. The number of carboxylic acids is 2. The molecule has 10 nitrogen and oxygen atoms in total. The Kier molecular flexibility index (Phi) is 6.08. The Balaban J connectivity index is 1.34. The number of amidine groups is 1. The number of hydrogen-bond donors (Lipinski definition) is 3. The van der Waals surface area contributed by atoms with Crippen LogP contribution in [0.25, 0.3) is 10.8 Å². The first-order chi connectivity index (χ1) is 17.7. The molecule has 0 saturated carbocycles. The molecule has 37 heavy (non-hydrogen) atoms. The van der Waals surface area contributed by atoms with Crippen molar-refractivity contribution in [1.82, 2.24) is 10.2 Å². The number of carboxylic acid groups (broad SMARTS) is 2. The van der Waals surface area contributed by atoms with Gasteiger partial charge in [0.05, 0.1) is 11.3 Å². The van der Waals surface area contributed by atoms with E-state index in [-0.39, 0.29) is 25.3 Å². The molecular formula is C27H23N4O6. The summed E-state index contributed by atoms with van der Waals surface area (Å²) in [6.45, 7) is 2.22. The Labute approximate surface area is 211 Å². The van der Waals surface area contributed by atoms with Gasteiger partial charge in [0.25, 0.3) is 11.8 Å². The van der Waals surface area contributed by atoms with Gasteiger partial charge in [-0.3, -0.25) is 14.4 Å². The molecule has 0 unspecified atom stereocenters. The molecule has 5 rings (SSSR count). The number of fused-ring (bicyclic) bond motifs is 4. The highest BCUT2D eigenvalue weighted by atomic mass is 16.4. The second kappa shape index (κ2) is 9.38. The highest BCUT2D eigenvalue weighted by molar-refractivity contribution is 6.18. The molecule has 2 amide bonds. The lowest BCUT2D eigenvalue weighted by Gasteiger charge is -2.23. The maximum atomic E-state index is 12.8. The summed E-state index contributed by atoms with van der Waals surface area (Å²) >= 11 is 0. The number of amides is 2. The Bertz CT molecular complexity index is 1510. The maximum Gasteiger partial charge on any atom is 0.326 e. The van der Waals surface area contributed by atoms with Gasteiger partial charge in [-0.25, -0.2) is 9.79 Å². The fourth-order valence-electron chi connectivity index (χ4n) is 4.77. The van der Waals surface area contributed by atoms with Gasteiger partial charge in [-0.2, -0.15) is 5.32 Å². The van der Waals surface area contributed by atoms with Crippen molar-refractivity contribution in [3.8, 4) is 0 Å². The summed E-state index contributed by atoms with van der Waals surface area (Å²) < 4.78 is 0. The van der Waals surface area contributed by atoms with Crippen molar-refractivity contribution in [2.45, 2.75) is 38.9 Å². The molecule has 2 aliphatic heterocycles. The second-order valence-corrected chi connectivity index (χ2v) is 9.04. The van der Waals surface area contributed by atoms with Gasteiger partial charge in [0, 0.05) is 30.8 Å². The number of hydrogen-bond acceptors (Lipinski definition) is 6. The van der Waals surface area contributed by atoms with Crippen LogP contribution in [-0.4, -0.2) is 50.7 Å². The number of aliphatic imine (C=N–C) groups is 1. The van der Waals surface area contributed by atoms with Crippen LogP contribution in [0, 0.1) is 0 Å². The SMILES string of the molecule is CC1=Nc2ccc3ccc(CNc4ccc5c(c4)CN([C@@H](CCC(=O)O)C(=O)O)C5=O)cc3c2C(=O)[N]1. The summed E-state index contributed by atoms with van der Waals surface area (Å²) in [6.07, 6.45) is -0.508. The summed E-state index contributed by atoms with van der Waals surface area (Å²) in [6, 6.07) is 13.5. The van der Waals surface area contributed by atoms with E-state index in [1.807, 2.05) is 30.3 Å². The minimum absolute atomic E-state index is 0.0912. The lowest BCUT2D eigenvalue weighted by molar-refractivity contribution is -0.143. The van der Waals surface area contributed by atoms with Gasteiger partial charge in [-0.1, -0.05) is 18.2 Å². The molecule has 0 saturated heterocycles. The summed E-state index contributed by atoms with van der Waals surface area (Å²) in [4.78, 5) is 53.6. The number of nitrogens with one attached hydrogen (secondary N) is 1. The first-order valence-electron chi connectivity index (χ1n) is 11.7. The van der Waals surface area contributed by atoms with Gasteiger partial charge in [-0.05, 0) is 65.6 Å². The topological polar surface area (TPSA) is 150 Å². The predicted octanol–water partition coefficient (Wildman–Crippen LogP) is 3.53. The van der Waals surface area contributed by atoms with E-state index in [4.69, 9.17) is 5.11 Å². The molecule has 1 atom stereocenters. The van der Waals surface area contributed by atoms with Crippen LogP contribution in [0.4, 0.5) is 11.4 Å². The minimum atomic E-state index is -1.23. The lowest BCUT2D eigenvalue weighted by Crippen LogP contribution is -2.41. The molecule has 3 aromatic rings. The average Bonchev–Trinajstić information content (AvgIpc) is 3.17. The van der Waals surface area contributed by atoms with Crippen LogP contribution in [0.2, 0.25) is 0 Å². The van der Waals surface area contributed by atoms with Crippen molar-refractivity contribution < 1.29 is 29.4 Å². The molecule has 187 valence electrons. The summed E-state index contributed by atoms with van der Waals surface area (Å²) in [7, 11) is 0. The van der Waals surface area contributed by atoms with Crippen molar-refractivity contribution in [2.24, 2.45) is 4.99 Å². The molecule has 2 heterocycles. The van der Waals surface area contributed by atoms with E-state index in [1.54, 1.807) is 25.1 Å². The summed E-state index contributed by atoms with van der Waals surface area (Å²) in [5.41, 5.74) is 3.83. The normalized spacial score (nSPS) is 15.1. The zero-order valence-corrected chi connectivity index (χ0v) is 19.9. The quantitative estimate of drug-likeness (QED) is 0.429. The van der Waals surface area contributed by atoms with Crippen molar-refractivity contribution in [2.75, 3.05) is 5.32 Å². The van der Waals surface area contributed by atoms with Crippen molar-refractivity contribution >= 4 is 51.7 Å². The number of anilines is 1. The number of benzene rings is 3. The molecular weight excluding hydrogens is 476 g/mol. The van der Waals surface area contributed by atoms with E-state index in [1.165, 1.54) is 4.90 Å². The maximum absolute atomic E-state index is 12.8. The van der Waals surface area contributed by atoms with Crippen molar-refractivity contribution in [3.05, 3.63) is 70.8 Å². The van der Waals surface area contributed by atoms with Gasteiger partial charge in [0.1, 0.15) is 11.9 Å². The zero-order chi connectivity index (χ0) is 26.3. The molecule has 0 aromatic heterocycles. The highest BCUT2D eigenvalue weighted by Gasteiger charge is 2.36. The third-order valence-corrected chi connectivity index (χ3v) is 6.55. The smallest absolute Gasteiger partial charge is 0.326 e. The van der Waals surface area contributed by atoms with Crippen LogP contribution >= 0.6 is 0 Å². The Morgan fingerprint density at radius 1 is 1.08 bits per heavy atom. The van der Waals surface area contributed by atoms with Crippen LogP contribution in [0.1, 0.15) is 51.6 Å². The molecule has 3 aromatic carbocycles. The first kappa shape index (κ1) is 24.0. The van der Waals surface area contributed by atoms with E-state index >= 15 is 0 Å². The van der Waals surface area contributed by atoms with Crippen LogP contribution < -0.4 is 10.6 Å². The number of carbonyl (C=O) groups is 4. The van der Waals surface area contributed by atoms with E-state index in [0.717, 1.165) is 22.0 Å². The van der Waals surface area contributed by atoms with Gasteiger partial charge >= 0.3 is 11.9 Å². The van der Waals surface area contributed by atoms with Gasteiger partial charge in [0.15, 0.2) is 0 Å². The highest BCUT2D eigenvalue weighted by Crippen LogP contribution is 2.32. The van der Waals surface area contributed by atoms with Crippen LogP contribution in [-0.2, 0) is 22.7 Å². The molecule has 0 spiro atoms. The standard InChI is InChI=1S/C27H23N4O6/c1-14-29-21-7-4-16-3-2-15(10-20(16)24(21)25(34)30-14)12-28-18-5-6-19-17(11-18)13-31(26(19)35)22(27(36)37)8-9-23(32)33/h2-7,10-11,22,28H,8-9,12-13H2,1H3,(H,32,33)(H,36,37)/t22-/m0/s1. The van der Waals surface area contributed by atoms with E-state index in [2.05, 4.69) is 15.6 Å². The predicted molar refractivity (Wildman–Crippen MR) is 135 cm³/mol. The number of rotatable bonds is 8. The third kappa shape index (κ3) is 4.61. The molecule has 0 aliphatic carbocycles. The molecule has 2 aliphatic rings. The van der Waals surface area contributed by atoms with Crippen molar-refractivity contribution in [1.29, 1.82) is 0 Å². The fourth-order valence-corrected chi connectivity index (χ4v) is 4.77. The Morgan fingerprint density at radius 2 is 1.86 bits per heavy atom. The third-order valence-electron chi connectivity index (χ3n) is 6.55. The monoisotopic (exact) mass is 499 g/mol. The van der Waals surface area contributed by atoms with Gasteiger partial charge in [-0.15, -0.1) is 0 Å². The van der Waals surface area contributed by atoms with Crippen LogP contribution in [0.15, 0.2) is 53.5 Å². The molecule has 0 bridgehead atoms. The first-order valence-corrected chi connectivity index (χ1v) is 11.7. The molecule has 3 N–H and O–H groups in total. The van der Waals surface area contributed by atoms with Crippen LogP contribution in [0.3, 0.4) is 0 Å². The minimum Gasteiger partial charge on any atom is -0.481 e. The Morgan fingerprint density at radius 3 is 2.62 bits per heavy atom. The Hall–Kier alpha value is -4.73. The fraction of sp³-hybridized carbons (Fsp3) is 0.222. The number of aliphatic carboxylic acids is 2. The van der Waals surface area contributed by atoms with E-state index < -0.39 is 23.9 Å². The molecule has 0 fully saturated rings. The molecule has 10 heteroatoms. The van der Waals surface area contributed by atoms with Crippen LogP contribution in [0.5, 0.6) is 0 Å². The second-order valence-electron chi connectivity index (χ2n) is 9.04.